The van der Waals surface area contributed by atoms with Crippen molar-refractivity contribution in [3.63, 3.8) is 0 Å². The van der Waals surface area contributed by atoms with Gasteiger partial charge in [-0.2, -0.15) is 4.39 Å². The number of esters is 1. The molecule has 8 nitrogen and oxygen atoms in total. The van der Waals surface area contributed by atoms with Crippen LogP contribution in [0, 0.1) is 15.9 Å². The molecule has 0 bridgehead atoms. The van der Waals surface area contributed by atoms with E-state index in [9.17, 15) is 24.1 Å². The minimum absolute atomic E-state index is 0.00657. The quantitative estimate of drug-likeness (QED) is 0.332. The Kier molecular flexibility index (Phi) is 6.38. The molecule has 154 valence electrons. The number of nitrogens with one attached hydrogen (secondary N) is 1. The van der Waals surface area contributed by atoms with E-state index < -0.39 is 34.4 Å². The number of aromatic nitrogens is 1. The zero-order valence-electron chi connectivity index (χ0n) is 15.3. The maximum Gasteiger partial charge on any atom is 0.358 e. The van der Waals surface area contributed by atoms with E-state index in [1.54, 1.807) is 24.3 Å². The monoisotopic (exact) mass is 449 g/mol. The van der Waals surface area contributed by atoms with E-state index in [-0.39, 0.29) is 11.4 Å². The molecule has 0 saturated carbocycles. The molecule has 1 unspecified atom stereocenters. The second-order valence-electron chi connectivity index (χ2n) is 6.01. The molecule has 0 aliphatic carbocycles. The van der Waals surface area contributed by atoms with Crippen LogP contribution < -0.4 is 5.32 Å². The number of nitrogens with zero attached hydrogens (tertiary/aromatic N) is 2. The van der Waals surface area contributed by atoms with Gasteiger partial charge >= 0.3 is 11.7 Å². The molecule has 0 aliphatic heterocycles. The number of carbonyl (C=O) groups is 2. The predicted molar refractivity (Wildman–Crippen MR) is 109 cm³/mol. The third-order valence-corrected chi connectivity index (χ3v) is 4.97. The molecule has 30 heavy (non-hydrogen) atoms. The van der Waals surface area contributed by atoms with Crippen molar-refractivity contribution in [1.29, 1.82) is 0 Å². The number of hydrogen-bond acceptors (Lipinski definition) is 7. The molecule has 1 heterocycles. The van der Waals surface area contributed by atoms with E-state index in [0.29, 0.717) is 10.0 Å². The molecular formula is C19H13ClFN3O5S. The van der Waals surface area contributed by atoms with Gasteiger partial charge in [0.2, 0.25) is 5.82 Å². The first-order valence-corrected chi connectivity index (χ1v) is 9.67. The topological polar surface area (TPSA) is 111 Å². The van der Waals surface area contributed by atoms with E-state index in [2.05, 4.69) is 10.3 Å². The summed E-state index contributed by atoms with van der Waals surface area (Å²) >= 11 is 7.17. The second-order valence-corrected chi connectivity index (χ2v) is 7.30. The Balaban J connectivity index is 1.65. The normalized spacial score (nSPS) is 11.6. The van der Waals surface area contributed by atoms with Crippen LogP contribution in [0.5, 0.6) is 0 Å². The number of carbonyl (C=O) groups excluding carboxylic acids is 2. The average molecular weight is 450 g/mol. The van der Waals surface area contributed by atoms with Crippen molar-refractivity contribution in [1.82, 2.24) is 4.98 Å². The van der Waals surface area contributed by atoms with E-state index in [4.69, 9.17) is 16.3 Å². The van der Waals surface area contributed by atoms with Crippen molar-refractivity contribution in [3.8, 4) is 10.6 Å². The third-order valence-electron chi connectivity index (χ3n) is 3.85. The lowest BCUT2D eigenvalue weighted by molar-refractivity contribution is -0.387. The maximum absolute atomic E-state index is 13.4. The van der Waals surface area contributed by atoms with E-state index in [0.717, 1.165) is 23.8 Å². The van der Waals surface area contributed by atoms with Crippen LogP contribution in [0.4, 0.5) is 15.8 Å². The van der Waals surface area contributed by atoms with E-state index in [1.807, 2.05) is 0 Å². The highest BCUT2D eigenvalue weighted by Crippen LogP contribution is 2.26. The molecule has 3 aromatic rings. The Morgan fingerprint density at radius 2 is 2.07 bits per heavy atom. The average Bonchev–Trinajstić information content (AvgIpc) is 3.19. The number of hydrogen-bond donors (Lipinski definition) is 1. The molecule has 0 saturated heterocycles. The number of rotatable bonds is 6. The van der Waals surface area contributed by atoms with Gasteiger partial charge in [-0.3, -0.25) is 14.9 Å². The van der Waals surface area contributed by atoms with Crippen LogP contribution in [-0.4, -0.2) is 27.9 Å². The smallest absolute Gasteiger partial charge is 0.358 e. The minimum Gasteiger partial charge on any atom is -0.448 e. The Morgan fingerprint density at radius 3 is 2.77 bits per heavy atom. The summed E-state index contributed by atoms with van der Waals surface area (Å²) < 4.78 is 18.5. The fraction of sp³-hybridized carbons (Fsp3) is 0.105. The first-order chi connectivity index (χ1) is 14.2. The van der Waals surface area contributed by atoms with Crippen LogP contribution >= 0.6 is 22.9 Å². The molecule has 0 radical (unpaired) electrons. The van der Waals surface area contributed by atoms with Gasteiger partial charge in [0, 0.05) is 27.7 Å². The standard InChI is InChI=1S/C19H13ClFN3O5S/c1-10(17(25)22-13-5-6-14(21)16(8-13)24(27)28)29-19(26)15-9-30-18(23-15)11-3-2-4-12(20)7-11/h2-10H,1H3,(H,22,25). The van der Waals surface area contributed by atoms with Gasteiger partial charge in [0.25, 0.3) is 5.91 Å². The lowest BCUT2D eigenvalue weighted by Crippen LogP contribution is -2.30. The summed E-state index contributed by atoms with van der Waals surface area (Å²) in [4.78, 5) is 38.6. The number of benzene rings is 2. The van der Waals surface area contributed by atoms with Gasteiger partial charge in [-0.15, -0.1) is 11.3 Å². The Morgan fingerprint density at radius 1 is 1.30 bits per heavy atom. The molecular weight excluding hydrogens is 437 g/mol. The van der Waals surface area contributed by atoms with E-state index >= 15 is 0 Å². The summed E-state index contributed by atoms with van der Waals surface area (Å²) in [5, 5.41) is 15.7. The predicted octanol–water partition coefficient (Wildman–Crippen LogP) is 4.69. The summed E-state index contributed by atoms with van der Waals surface area (Å²) in [5.41, 5.74) is -0.0383. The third kappa shape index (κ3) is 4.97. The zero-order valence-corrected chi connectivity index (χ0v) is 16.9. The Bertz CT molecular complexity index is 1140. The number of amides is 1. The molecule has 0 fully saturated rings. The molecule has 1 atom stereocenters. The molecule has 2 aromatic carbocycles. The zero-order chi connectivity index (χ0) is 21.8. The van der Waals surface area contributed by atoms with Gasteiger partial charge in [0.15, 0.2) is 11.8 Å². The summed E-state index contributed by atoms with van der Waals surface area (Å²) in [6.45, 7) is 1.33. The van der Waals surface area contributed by atoms with Gasteiger partial charge in [-0.25, -0.2) is 9.78 Å². The van der Waals surface area contributed by atoms with Gasteiger partial charge in [0.1, 0.15) is 5.01 Å². The van der Waals surface area contributed by atoms with Gasteiger partial charge in [-0.05, 0) is 31.2 Å². The van der Waals surface area contributed by atoms with Gasteiger partial charge in [-0.1, -0.05) is 23.7 Å². The largest absolute Gasteiger partial charge is 0.448 e. The van der Waals surface area contributed by atoms with Crippen LogP contribution in [0.25, 0.3) is 10.6 Å². The second kappa shape index (κ2) is 8.97. The Hall–Kier alpha value is -3.37. The fourth-order valence-corrected chi connectivity index (χ4v) is 3.35. The van der Waals surface area contributed by atoms with Gasteiger partial charge < -0.3 is 10.1 Å². The number of anilines is 1. The molecule has 1 amide bonds. The van der Waals surface area contributed by atoms with Crippen LogP contribution in [-0.2, 0) is 9.53 Å². The summed E-state index contributed by atoms with van der Waals surface area (Å²) in [7, 11) is 0. The summed E-state index contributed by atoms with van der Waals surface area (Å²) in [6.07, 6.45) is -1.22. The molecule has 0 aliphatic rings. The van der Waals surface area contributed by atoms with Gasteiger partial charge in [0.05, 0.1) is 4.92 Å². The first kappa shape index (κ1) is 21.3. The number of ether oxygens (including phenoxy) is 1. The van der Waals surface area contributed by atoms with Crippen molar-refractivity contribution in [2.24, 2.45) is 0 Å². The Labute approximate surface area is 178 Å². The summed E-state index contributed by atoms with van der Waals surface area (Å²) in [5.74, 6) is -2.58. The molecule has 11 heteroatoms. The fourth-order valence-electron chi connectivity index (χ4n) is 2.37. The van der Waals surface area contributed by atoms with E-state index in [1.165, 1.54) is 23.6 Å². The highest BCUT2D eigenvalue weighted by molar-refractivity contribution is 7.13. The molecule has 1 N–H and O–H groups in total. The SMILES string of the molecule is CC(OC(=O)c1csc(-c2cccc(Cl)c2)n1)C(=O)Nc1ccc(F)c([N+](=O)[O-])c1. The number of halogens is 2. The van der Waals surface area contributed by atoms with Crippen LogP contribution in [0.15, 0.2) is 47.8 Å². The van der Waals surface area contributed by atoms with Crippen molar-refractivity contribution in [2.45, 2.75) is 13.0 Å². The molecule has 0 spiro atoms. The highest BCUT2D eigenvalue weighted by Gasteiger charge is 2.22. The minimum atomic E-state index is -1.22. The lowest BCUT2D eigenvalue weighted by Gasteiger charge is -2.12. The first-order valence-electron chi connectivity index (χ1n) is 8.42. The lowest BCUT2D eigenvalue weighted by atomic mass is 10.2. The van der Waals surface area contributed by atoms with Crippen LogP contribution in [0.3, 0.4) is 0 Å². The van der Waals surface area contributed by atoms with Crippen molar-refractivity contribution in [2.75, 3.05) is 5.32 Å². The summed E-state index contributed by atoms with van der Waals surface area (Å²) in [6, 6.07) is 9.85. The number of thiazole rings is 1. The van der Waals surface area contributed by atoms with Crippen molar-refractivity contribution < 1.29 is 23.6 Å². The van der Waals surface area contributed by atoms with Crippen LogP contribution in [0.2, 0.25) is 5.02 Å². The molecule has 1 aromatic heterocycles. The highest BCUT2D eigenvalue weighted by atomic mass is 35.5. The number of nitro groups is 1. The number of nitro benzene ring substituents is 1. The van der Waals surface area contributed by atoms with Crippen molar-refractivity contribution >= 4 is 46.2 Å². The van der Waals surface area contributed by atoms with Crippen LogP contribution in [0.1, 0.15) is 17.4 Å². The maximum atomic E-state index is 13.4. The molecule has 3 rings (SSSR count). The van der Waals surface area contributed by atoms with Crippen molar-refractivity contribution in [3.05, 3.63) is 74.5 Å².